The standard InChI is InChI=1S/C22H24Cl2N2O3/c1-3-29-22-18(24)14-16(15-20(22)28-2)8-9-21(27)26-12-10-25(11-13-26)19-7-5-4-6-17(19)23/h4-9,14-15H,3,10-13H2,1-2H3. The van der Waals surface area contributed by atoms with E-state index in [2.05, 4.69) is 4.90 Å². The van der Waals surface area contributed by atoms with Gasteiger partial charge in [-0.25, -0.2) is 0 Å². The SMILES string of the molecule is CCOc1c(Cl)cc(C=CC(=O)N2CCN(c3ccccc3Cl)CC2)cc1OC. The molecule has 0 saturated carbocycles. The number of piperazine rings is 1. The highest BCUT2D eigenvalue weighted by molar-refractivity contribution is 6.33. The first-order valence-electron chi connectivity index (χ1n) is 9.50. The van der Waals surface area contributed by atoms with Crippen LogP contribution >= 0.6 is 23.2 Å². The van der Waals surface area contributed by atoms with Gasteiger partial charge < -0.3 is 19.3 Å². The van der Waals surface area contributed by atoms with Crippen molar-refractivity contribution < 1.29 is 14.3 Å². The fraction of sp³-hybridized carbons (Fsp3) is 0.318. The van der Waals surface area contributed by atoms with Crippen LogP contribution in [0.3, 0.4) is 0 Å². The zero-order valence-electron chi connectivity index (χ0n) is 16.5. The Morgan fingerprint density at radius 3 is 2.48 bits per heavy atom. The average Bonchev–Trinajstić information content (AvgIpc) is 2.74. The van der Waals surface area contributed by atoms with Gasteiger partial charge in [-0.15, -0.1) is 0 Å². The Balaban J connectivity index is 1.63. The number of anilines is 1. The largest absolute Gasteiger partial charge is 0.493 e. The van der Waals surface area contributed by atoms with Crippen molar-refractivity contribution in [1.82, 2.24) is 4.90 Å². The van der Waals surface area contributed by atoms with Gasteiger partial charge in [-0.1, -0.05) is 35.3 Å². The molecule has 0 radical (unpaired) electrons. The van der Waals surface area contributed by atoms with Crippen molar-refractivity contribution in [1.29, 1.82) is 0 Å². The third kappa shape index (κ3) is 5.17. The molecule has 0 bridgehead atoms. The summed E-state index contributed by atoms with van der Waals surface area (Å²) in [6, 6.07) is 11.3. The molecule has 1 aliphatic rings. The van der Waals surface area contributed by atoms with Crippen molar-refractivity contribution in [2.75, 3.05) is 44.8 Å². The smallest absolute Gasteiger partial charge is 0.246 e. The monoisotopic (exact) mass is 434 g/mol. The average molecular weight is 435 g/mol. The molecule has 1 fully saturated rings. The molecule has 1 heterocycles. The highest BCUT2D eigenvalue weighted by Gasteiger charge is 2.21. The van der Waals surface area contributed by atoms with E-state index < -0.39 is 0 Å². The number of rotatable bonds is 6. The second-order valence-corrected chi connectivity index (χ2v) is 7.38. The molecule has 0 atom stereocenters. The van der Waals surface area contributed by atoms with Crippen molar-refractivity contribution in [3.63, 3.8) is 0 Å². The van der Waals surface area contributed by atoms with Gasteiger partial charge in [0.05, 0.1) is 29.4 Å². The van der Waals surface area contributed by atoms with Crippen LogP contribution in [0.15, 0.2) is 42.5 Å². The molecule has 2 aromatic carbocycles. The summed E-state index contributed by atoms with van der Waals surface area (Å²) in [6.45, 7) is 5.14. The second-order valence-electron chi connectivity index (χ2n) is 6.56. The van der Waals surface area contributed by atoms with Gasteiger partial charge in [-0.3, -0.25) is 4.79 Å². The highest BCUT2D eigenvalue weighted by Crippen LogP contribution is 2.36. The Hall–Kier alpha value is -2.37. The van der Waals surface area contributed by atoms with Crippen LogP contribution in [0, 0.1) is 0 Å². The summed E-state index contributed by atoms with van der Waals surface area (Å²) < 4.78 is 10.9. The fourth-order valence-corrected chi connectivity index (χ4v) is 3.80. The van der Waals surface area contributed by atoms with Gasteiger partial charge in [-0.2, -0.15) is 0 Å². The number of benzene rings is 2. The van der Waals surface area contributed by atoms with Crippen LogP contribution in [0.2, 0.25) is 10.0 Å². The Bertz CT molecular complexity index is 894. The third-order valence-electron chi connectivity index (χ3n) is 4.74. The molecule has 154 valence electrons. The van der Waals surface area contributed by atoms with E-state index in [4.69, 9.17) is 32.7 Å². The first kappa shape index (κ1) is 21.3. The molecule has 2 aromatic rings. The van der Waals surface area contributed by atoms with Crippen LogP contribution in [0.25, 0.3) is 6.08 Å². The summed E-state index contributed by atoms with van der Waals surface area (Å²) in [4.78, 5) is 16.6. The highest BCUT2D eigenvalue weighted by atomic mass is 35.5. The molecule has 29 heavy (non-hydrogen) atoms. The molecule has 0 N–H and O–H groups in total. The van der Waals surface area contributed by atoms with E-state index in [0.717, 1.165) is 29.4 Å². The summed E-state index contributed by atoms with van der Waals surface area (Å²) in [6.07, 6.45) is 3.31. The van der Waals surface area contributed by atoms with Crippen molar-refractivity contribution in [2.45, 2.75) is 6.92 Å². The Labute approximate surface area is 181 Å². The number of ether oxygens (including phenoxy) is 2. The lowest BCUT2D eigenvalue weighted by molar-refractivity contribution is -0.126. The second kappa shape index (κ2) is 9.90. The Kier molecular flexibility index (Phi) is 7.29. The number of hydrogen-bond donors (Lipinski definition) is 0. The molecule has 5 nitrogen and oxygen atoms in total. The molecular formula is C22H24Cl2N2O3. The molecule has 0 aromatic heterocycles. The van der Waals surface area contributed by atoms with Gasteiger partial charge in [-0.05, 0) is 42.8 Å². The fourth-order valence-electron chi connectivity index (χ4n) is 3.27. The number of halogens is 2. The van der Waals surface area contributed by atoms with Crippen LogP contribution < -0.4 is 14.4 Å². The van der Waals surface area contributed by atoms with Crippen LogP contribution in [-0.4, -0.2) is 50.7 Å². The predicted molar refractivity (Wildman–Crippen MR) is 118 cm³/mol. The van der Waals surface area contributed by atoms with Gasteiger partial charge in [0.2, 0.25) is 5.91 Å². The first-order valence-corrected chi connectivity index (χ1v) is 10.3. The maximum Gasteiger partial charge on any atom is 0.246 e. The molecule has 0 aliphatic carbocycles. The van der Waals surface area contributed by atoms with Crippen LogP contribution in [0.4, 0.5) is 5.69 Å². The summed E-state index contributed by atoms with van der Waals surface area (Å²) >= 11 is 12.6. The molecule has 3 rings (SSSR count). The van der Waals surface area contributed by atoms with E-state index in [1.54, 1.807) is 31.4 Å². The number of hydrogen-bond acceptors (Lipinski definition) is 4. The van der Waals surface area contributed by atoms with E-state index in [1.807, 2.05) is 36.1 Å². The van der Waals surface area contributed by atoms with Crippen LogP contribution in [0.1, 0.15) is 12.5 Å². The van der Waals surface area contributed by atoms with Gasteiger partial charge >= 0.3 is 0 Å². The topological polar surface area (TPSA) is 42.0 Å². The van der Waals surface area contributed by atoms with E-state index in [0.29, 0.717) is 36.2 Å². The molecule has 7 heteroatoms. The maximum absolute atomic E-state index is 12.6. The predicted octanol–water partition coefficient (Wildman–Crippen LogP) is 4.76. The Morgan fingerprint density at radius 1 is 1.10 bits per heavy atom. The van der Waals surface area contributed by atoms with Crippen molar-refractivity contribution in [3.05, 3.63) is 58.1 Å². The normalized spacial score (nSPS) is 14.3. The molecule has 0 spiro atoms. The van der Waals surface area contributed by atoms with E-state index in [1.165, 1.54) is 0 Å². The van der Waals surface area contributed by atoms with Crippen molar-refractivity contribution in [2.24, 2.45) is 0 Å². The summed E-state index contributed by atoms with van der Waals surface area (Å²) in [5.74, 6) is 1.02. The van der Waals surface area contributed by atoms with Crippen LogP contribution in [-0.2, 0) is 4.79 Å². The number of para-hydroxylation sites is 1. The lowest BCUT2D eigenvalue weighted by Crippen LogP contribution is -2.48. The molecule has 1 amide bonds. The van der Waals surface area contributed by atoms with E-state index >= 15 is 0 Å². The van der Waals surface area contributed by atoms with Gasteiger partial charge in [0.1, 0.15) is 0 Å². The van der Waals surface area contributed by atoms with Gasteiger partial charge in [0, 0.05) is 32.3 Å². The quantitative estimate of drug-likeness (QED) is 0.614. The number of carbonyl (C=O) groups is 1. The minimum Gasteiger partial charge on any atom is -0.493 e. The van der Waals surface area contributed by atoms with Gasteiger partial charge in [0.25, 0.3) is 0 Å². The summed E-state index contributed by atoms with van der Waals surface area (Å²) in [7, 11) is 1.56. The molecule has 1 aliphatic heterocycles. The minimum absolute atomic E-state index is 0.0345. The van der Waals surface area contributed by atoms with Crippen molar-refractivity contribution in [3.8, 4) is 11.5 Å². The van der Waals surface area contributed by atoms with E-state index in [-0.39, 0.29) is 5.91 Å². The maximum atomic E-state index is 12.6. The minimum atomic E-state index is -0.0345. The zero-order valence-corrected chi connectivity index (χ0v) is 18.0. The van der Waals surface area contributed by atoms with Crippen LogP contribution in [0.5, 0.6) is 11.5 Å². The number of amides is 1. The zero-order chi connectivity index (χ0) is 20.8. The molecule has 1 saturated heterocycles. The molecular weight excluding hydrogens is 411 g/mol. The first-order chi connectivity index (χ1) is 14.0. The Morgan fingerprint density at radius 2 is 1.83 bits per heavy atom. The van der Waals surface area contributed by atoms with Crippen molar-refractivity contribution >= 4 is 40.9 Å². The number of carbonyl (C=O) groups excluding carboxylic acids is 1. The summed E-state index contributed by atoms with van der Waals surface area (Å²) in [5, 5.41) is 1.18. The third-order valence-corrected chi connectivity index (χ3v) is 5.34. The van der Waals surface area contributed by atoms with E-state index in [9.17, 15) is 4.79 Å². The number of nitrogens with zero attached hydrogens (tertiary/aromatic N) is 2. The summed E-state index contributed by atoms with van der Waals surface area (Å²) in [5.41, 5.74) is 1.78. The van der Waals surface area contributed by atoms with Gasteiger partial charge in [0.15, 0.2) is 11.5 Å². The lowest BCUT2D eigenvalue weighted by atomic mass is 10.1. The molecule has 0 unspecified atom stereocenters. The lowest BCUT2D eigenvalue weighted by Gasteiger charge is -2.36. The number of methoxy groups -OCH3 is 1.